The van der Waals surface area contributed by atoms with Crippen molar-refractivity contribution in [1.82, 2.24) is 0 Å². The molecule has 2 fully saturated rings. The van der Waals surface area contributed by atoms with Crippen LogP contribution < -0.4 is 0 Å². The SMILES string of the molecule is C[C@H](CCC(C)(O)C(F)(F)F)[C@H]1CC[C@H]2[C@@H]3CC=C(CC(C)(C)O)C[C@H]3CC[C@]12C. The molecule has 2 N–H and O–H groups in total. The van der Waals surface area contributed by atoms with Crippen molar-refractivity contribution in [2.75, 3.05) is 0 Å². The number of fused-ring (bicyclic) bond motifs is 3. The zero-order chi connectivity index (χ0) is 22.5. The standard InChI is InChI=1S/C25H41F3O2/c1-16(10-13-24(5,30)25(26,27)28)20-8-9-21-19-7-6-17(15-22(2,3)29)14-18(19)11-12-23(20,21)4/h6,16,18-21,29-30H,7-15H2,1-5H3/t16-,18-,19-,20-,21+,23-,24?/m1/s1. The summed E-state index contributed by atoms with van der Waals surface area (Å²) in [7, 11) is 0. The van der Waals surface area contributed by atoms with Gasteiger partial charge in [0.05, 0.1) is 5.60 Å². The van der Waals surface area contributed by atoms with Crippen molar-refractivity contribution in [3.63, 3.8) is 0 Å². The molecule has 7 atom stereocenters. The summed E-state index contributed by atoms with van der Waals surface area (Å²) in [6.07, 6.45) is 5.53. The van der Waals surface area contributed by atoms with Gasteiger partial charge in [0.25, 0.3) is 0 Å². The average Bonchev–Trinajstić information content (AvgIpc) is 2.95. The maximum Gasteiger partial charge on any atom is 0.416 e. The van der Waals surface area contributed by atoms with Gasteiger partial charge >= 0.3 is 6.18 Å². The molecule has 0 spiro atoms. The van der Waals surface area contributed by atoms with Crippen molar-refractivity contribution in [3.8, 4) is 0 Å². The van der Waals surface area contributed by atoms with Crippen molar-refractivity contribution >= 4 is 0 Å². The van der Waals surface area contributed by atoms with Crippen LogP contribution in [0.3, 0.4) is 0 Å². The predicted molar refractivity (Wildman–Crippen MR) is 114 cm³/mol. The molecule has 0 amide bonds. The molecule has 0 aromatic carbocycles. The Kier molecular flexibility index (Phi) is 6.51. The quantitative estimate of drug-likeness (QED) is 0.463. The topological polar surface area (TPSA) is 40.5 Å². The van der Waals surface area contributed by atoms with Gasteiger partial charge in [0.2, 0.25) is 0 Å². The molecule has 0 heterocycles. The molecular formula is C25H41F3O2. The van der Waals surface area contributed by atoms with Crippen molar-refractivity contribution in [2.24, 2.45) is 35.0 Å². The highest BCUT2D eigenvalue weighted by molar-refractivity contribution is 5.15. The monoisotopic (exact) mass is 430 g/mol. The average molecular weight is 431 g/mol. The summed E-state index contributed by atoms with van der Waals surface area (Å²) < 4.78 is 39.2. The summed E-state index contributed by atoms with van der Waals surface area (Å²) >= 11 is 0. The molecule has 2 saturated carbocycles. The first-order chi connectivity index (χ1) is 13.6. The maximum atomic E-state index is 13.1. The third-order valence-electron chi connectivity index (χ3n) is 8.91. The minimum absolute atomic E-state index is 0.190. The van der Waals surface area contributed by atoms with E-state index in [0.29, 0.717) is 30.1 Å². The molecule has 174 valence electrons. The van der Waals surface area contributed by atoms with E-state index in [4.69, 9.17) is 0 Å². The van der Waals surface area contributed by atoms with E-state index >= 15 is 0 Å². The number of rotatable bonds is 6. The van der Waals surface area contributed by atoms with Crippen LogP contribution in [-0.4, -0.2) is 27.6 Å². The van der Waals surface area contributed by atoms with Gasteiger partial charge in [0.1, 0.15) is 0 Å². The third kappa shape index (κ3) is 4.77. The highest BCUT2D eigenvalue weighted by Crippen LogP contribution is 2.63. The normalized spacial score (nSPS) is 37.7. The molecule has 3 aliphatic rings. The van der Waals surface area contributed by atoms with Gasteiger partial charge in [-0.15, -0.1) is 0 Å². The van der Waals surface area contributed by atoms with E-state index < -0.39 is 17.4 Å². The molecule has 0 aromatic rings. The van der Waals surface area contributed by atoms with Crippen molar-refractivity contribution < 1.29 is 23.4 Å². The van der Waals surface area contributed by atoms with E-state index in [1.807, 2.05) is 13.8 Å². The Balaban J connectivity index is 1.66. The van der Waals surface area contributed by atoms with Gasteiger partial charge < -0.3 is 10.2 Å². The number of hydrogen-bond donors (Lipinski definition) is 2. The lowest BCUT2D eigenvalue weighted by atomic mass is 9.54. The molecule has 3 aliphatic carbocycles. The largest absolute Gasteiger partial charge is 0.416 e. The van der Waals surface area contributed by atoms with Crippen LogP contribution >= 0.6 is 0 Å². The lowest BCUT2D eigenvalue weighted by Gasteiger charge is -2.51. The first-order valence-corrected chi connectivity index (χ1v) is 11.8. The van der Waals surface area contributed by atoms with E-state index in [-0.39, 0.29) is 17.8 Å². The minimum atomic E-state index is -4.57. The third-order valence-corrected chi connectivity index (χ3v) is 8.91. The number of alkyl halides is 3. The lowest BCUT2D eigenvalue weighted by molar-refractivity contribution is -0.256. The van der Waals surface area contributed by atoms with Gasteiger partial charge in [0.15, 0.2) is 5.60 Å². The molecule has 3 rings (SSSR count). The molecule has 0 aromatic heterocycles. The second-order valence-electron chi connectivity index (χ2n) is 11.8. The summed E-state index contributed by atoms with van der Waals surface area (Å²) in [5, 5.41) is 20.0. The van der Waals surface area contributed by atoms with Gasteiger partial charge in [-0.05, 0) is 114 Å². The highest BCUT2D eigenvalue weighted by Gasteiger charge is 2.55. The van der Waals surface area contributed by atoms with Crippen LogP contribution in [-0.2, 0) is 0 Å². The molecule has 30 heavy (non-hydrogen) atoms. The van der Waals surface area contributed by atoms with Crippen molar-refractivity contribution in [1.29, 1.82) is 0 Å². The van der Waals surface area contributed by atoms with Crippen LogP contribution in [0.1, 0.15) is 92.4 Å². The van der Waals surface area contributed by atoms with Crippen molar-refractivity contribution in [3.05, 3.63) is 11.6 Å². The Labute approximate surface area is 180 Å². The molecule has 1 unspecified atom stereocenters. The fourth-order valence-corrected chi connectivity index (χ4v) is 7.23. The summed E-state index contributed by atoms with van der Waals surface area (Å²) in [4.78, 5) is 0. The Morgan fingerprint density at radius 2 is 1.80 bits per heavy atom. The maximum absolute atomic E-state index is 13.1. The molecule has 0 radical (unpaired) electrons. The Morgan fingerprint density at radius 1 is 1.13 bits per heavy atom. The second kappa shape index (κ2) is 8.10. The molecule has 2 nitrogen and oxygen atoms in total. The lowest BCUT2D eigenvalue weighted by Crippen LogP contribution is -2.45. The van der Waals surface area contributed by atoms with Gasteiger partial charge in [-0.25, -0.2) is 0 Å². The minimum Gasteiger partial charge on any atom is -0.390 e. The molecule has 0 aliphatic heterocycles. The summed E-state index contributed by atoms with van der Waals surface area (Å²) in [6, 6.07) is 0. The number of aliphatic hydroxyl groups is 2. The van der Waals surface area contributed by atoms with Gasteiger partial charge in [-0.1, -0.05) is 25.5 Å². The van der Waals surface area contributed by atoms with E-state index in [1.165, 1.54) is 18.4 Å². The van der Waals surface area contributed by atoms with E-state index in [1.54, 1.807) is 0 Å². The van der Waals surface area contributed by atoms with Crippen molar-refractivity contribution in [2.45, 2.75) is 110 Å². The van der Waals surface area contributed by atoms with E-state index in [9.17, 15) is 23.4 Å². The zero-order valence-corrected chi connectivity index (χ0v) is 19.4. The smallest absolute Gasteiger partial charge is 0.390 e. The first kappa shape index (κ1) is 24.1. The predicted octanol–water partition coefficient (Wildman–Crippen LogP) is 6.66. The fraction of sp³-hybridized carbons (Fsp3) is 0.920. The molecular weight excluding hydrogens is 389 g/mol. The van der Waals surface area contributed by atoms with Gasteiger partial charge in [-0.3, -0.25) is 0 Å². The second-order valence-corrected chi connectivity index (χ2v) is 11.8. The fourth-order valence-electron chi connectivity index (χ4n) is 7.23. The number of halogens is 3. The van der Waals surface area contributed by atoms with E-state index in [0.717, 1.165) is 39.0 Å². The Bertz CT molecular complexity index is 646. The summed E-state index contributed by atoms with van der Waals surface area (Å²) in [5.41, 5.74) is -1.66. The highest BCUT2D eigenvalue weighted by atomic mass is 19.4. The van der Waals surface area contributed by atoms with Crippen LogP contribution in [0, 0.1) is 35.0 Å². The van der Waals surface area contributed by atoms with E-state index in [2.05, 4.69) is 19.9 Å². The summed E-state index contributed by atoms with van der Waals surface area (Å²) in [6.45, 7) is 9.14. The van der Waals surface area contributed by atoms with Crippen LogP contribution in [0.15, 0.2) is 11.6 Å². The van der Waals surface area contributed by atoms with Gasteiger partial charge in [-0.2, -0.15) is 13.2 Å². The first-order valence-electron chi connectivity index (χ1n) is 11.8. The number of hydrogen-bond acceptors (Lipinski definition) is 2. The van der Waals surface area contributed by atoms with Gasteiger partial charge in [0, 0.05) is 0 Å². The molecule has 5 heteroatoms. The van der Waals surface area contributed by atoms with Crippen LogP contribution in [0.25, 0.3) is 0 Å². The zero-order valence-electron chi connectivity index (χ0n) is 19.4. The molecule has 0 bridgehead atoms. The number of allylic oxidation sites excluding steroid dienone is 1. The van der Waals surface area contributed by atoms with Crippen LogP contribution in [0.4, 0.5) is 13.2 Å². The summed E-state index contributed by atoms with van der Waals surface area (Å²) in [5.74, 6) is 2.63. The Hall–Kier alpha value is -0.550. The van der Waals surface area contributed by atoms with Crippen LogP contribution in [0.2, 0.25) is 0 Å². The van der Waals surface area contributed by atoms with Crippen LogP contribution in [0.5, 0.6) is 0 Å². The Morgan fingerprint density at radius 3 is 2.40 bits per heavy atom. The molecule has 0 saturated heterocycles.